The minimum atomic E-state index is -0.397. The number of hydrogen-bond acceptors (Lipinski definition) is 2. The Morgan fingerprint density at radius 2 is 1.67 bits per heavy atom. The number of rotatable bonds is 2. The average molecular weight is 276 g/mol. The Bertz CT molecular complexity index is 875. The summed E-state index contributed by atoms with van der Waals surface area (Å²) in [4.78, 5) is 11.6. The summed E-state index contributed by atoms with van der Waals surface area (Å²) in [7, 11) is 0. The molecule has 21 heavy (non-hydrogen) atoms. The molecule has 3 aromatic carbocycles. The van der Waals surface area contributed by atoms with E-state index in [0.717, 1.165) is 10.8 Å². The molecule has 0 aromatic heterocycles. The molecule has 0 aliphatic carbocycles. The van der Waals surface area contributed by atoms with Gasteiger partial charge in [0, 0.05) is 5.57 Å². The molecule has 0 aliphatic rings. The molecule has 3 aromatic rings. The summed E-state index contributed by atoms with van der Waals surface area (Å²) in [5, 5.41) is 4.64. The van der Waals surface area contributed by atoms with Crippen LogP contribution in [0, 0.1) is 6.92 Å². The second kappa shape index (κ2) is 5.06. The van der Waals surface area contributed by atoms with Gasteiger partial charge >= 0.3 is 5.97 Å². The summed E-state index contributed by atoms with van der Waals surface area (Å²) in [6, 6.07) is 16.3. The number of esters is 1. The molecule has 0 fully saturated rings. The Labute approximate surface area is 123 Å². The van der Waals surface area contributed by atoms with E-state index in [1.54, 1.807) is 6.92 Å². The van der Waals surface area contributed by atoms with Gasteiger partial charge in [0.1, 0.15) is 5.75 Å². The topological polar surface area (TPSA) is 26.3 Å². The van der Waals surface area contributed by atoms with Crippen molar-refractivity contribution < 1.29 is 9.53 Å². The highest BCUT2D eigenvalue weighted by Crippen LogP contribution is 2.29. The van der Waals surface area contributed by atoms with Gasteiger partial charge in [-0.05, 0) is 47.5 Å². The zero-order valence-corrected chi connectivity index (χ0v) is 12.1. The third-order valence-electron chi connectivity index (χ3n) is 3.52. The quantitative estimate of drug-likeness (QED) is 0.291. The minimum absolute atomic E-state index is 0.393. The van der Waals surface area contributed by atoms with Crippen LogP contribution in [0.4, 0.5) is 0 Å². The molecule has 3 rings (SSSR count). The first-order chi connectivity index (χ1) is 10.0. The summed E-state index contributed by atoms with van der Waals surface area (Å²) in [6.07, 6.45) is 0. The van der Waals surface area contributed by atoms with Gasteiger partial charge in [0.05, 0.1) is 0 Å². The van der Waals surface area contributed by atoms with Crippen molar-refractivity contribution in [3.63, 3.8) is 0 Å². The number of carbonyl (C=O) groups is 1. The maximum absolute atomic E-state index is 11.6. The van der Waals surface area contributed by atoms with Crippen molar-refractivity contribution in [2.24, 2.45) is 0 Å². The van der Waals surface area contributed by atoms with Crippen molar-refractivity contribution in [2.45, 2.75) is 13.8 Å². The van der Waals surface area contributed by atoms with E-state index in [2.05, 4.69) is 37.8 Å². The highest BCUT2D eigenvalue weighted by Gasteiger charge is 2.07. The summed E-state index contributed by atoms with van der Waals surface area (Å²) in [6.45, 7) is 7.31. The van der Waals surface area contributed by atoms with Crippen LogP contribution in [-0.2, 0) is 4.79 Å². The first kappa shape index (κ1) is 13.4. The lowest BCUT2D eigenvalue weighted by atomic mass is 10.0. The average Bonchev–Trinajstić information content (AvgIpc) is 2.46. The number of ether oxygens (including phenoxy) is 1. The van der Waals surface area contributed by atoms with E-state index in [1.807, 2.05) is 24.3 Å². The number of hydrogen-bond donors (Lipinski definition) is 0. The lowest BCUT2D eigenvalue weighted by Crippen LogP contribution is -2.07. The molecule has 0 bridgehead atoms. The Kier molecular flexibility index (Phi) is 3.22. The van der Waals surface area contributed by atoms with E-state index in [9.17, 15) is 4.79 Å². The lowest BCUT2D eigenvalue weighted by Gasteiger charge is -2.08. The largest absolute Gasteiger partial charge is 0.423 e. The van der Waals surface area contributed by atoms with Crippen molar-refractivity contribution in [1.29, 1.82) is 0 Å². The summed E-state index contributed by atoms with van der Waals surface area (Å²) >= 11 is 0. The van der Waals surface area contributed by atoms with Crippen LogP contribution in [0.15, 0.2) is 60.7 Å². The first-order valence-corrected chi connectivity index (χ1v) is 6.85. The van der Waals surface area contributed by atoms with Crippen molar-refractivity contribution in [3.8, 4) is 5.75 Å². The molecule has 0 saturated heterocycles. The molecule has 0 saturated carbocycles. The van der Waals surface area contributed by atoms with Crippen molar-refractivity contribution in [2.75, 3.05) is 0 Å². The van der Waals surface area contributed by atoms with Crippen LogP contribution in [-0.4, -0.2) is 5.97 Å². The second-order valence-electron chi connectivity index (χ2n) is 5.34. The standard InChI is InChI=1S/C19H16O2/c1-12(2)19(20)21-16-8-9-17-15(11-16)7-6-14-5-4-13(3)10-18(14)17/h4-11H,1H2,2-3H3. The van der Waals surface area contributed by atoms with Crippen molar-refractivity contribution >= 4 is 27.5 Å². The van der Waals surface area contributed by atoms with E-state index in [-0.39, 0.29) is 0 Å². The van der Waals surface area contributed by atoms with E-state index >= 15 is 0 Å². The van der Waals surface area contributed by atoms with Gasteiger partial charge in [0.25, 0.3) is 0 Å². The fraction of sp³-hybridized carbons (Fsp3) is 0.105. The highest BCUT2D eigenvalue weighted by atomic mass is 16.5. The maximum atomic E-state index is 11.6. The predicted molar refractivity (Wildman–Crippen MR) is 86.6 cm³/mol. The molecule has 104 valence electrons. The molecule has 2 heteroatoms. The highest BCUT2D eigenvalue weighted by molar-refractivity contribution is 6.08. The Balaban J connectivity index is 2.13. The summed E-state index contributed by atoms with van der Waals surface area (Å²) in [5.41, 5.74) is 1.62. The zero-order valence-electron chi connectivity index (χ0n) is 12.1. The van der Waals surface area contributed by atoms with E-state index in [4.69, 9.17) is 4.74 Å². The second-order valence-corrected chi connectivity index (χ2v) is 5.34. The number of benzene rings is 3. The van der Waals surface area contributed by atoms with Crippen LogP contribution in [0.2, 0.25) is 0 Å². The molecule has 2 nitrogen and oxygen atoms in total. The third-order valence-corrected chi connectivity index (χ3v) is 3.52. The molecular formula is C19H16O2. The van der Waals surface area contributed by atoms with E-state index in [1.165, 1.54) is 16.3 Å². The van der Waals surface area contributed by atoms with Crippen LogP contribution >= 0.6 is 0 Å². The van der Waals surface area contributed by atoms with Gasteiger partial charge in [-0.2, -0.15) is 0 Å². The molecule has 0 heterocycles. The molecular weight excluding hydrogens is 260 g/mol. The van der Waals surface area contributed by atoms with Crippen molar-refractivity contribution in [3.05, 3.63) is 66.2 Å². The van der Waals surface area contributed by atoms with Gasteiger partial charge in [0.15, 0.2) is 0 Å². The van der Waals surface area contributed by atoms with Gasteiger partial charge in [-0.15, -0.1) is 0 Å². The normalized spacial score (nSPS) is 10.8. The van der Waals surface area contributed by atoms with E-state index in [0.29, 0.717) is 11.3 Å². The lowest BCUT2D eigenvalue weighted by molar-refractivity contribution is -0.130. The monoisotopic (exact) mass is 276 g/mol. The van der Waals surface area contributed by atoms with Gasteiger partial charge in [-0.25, -0.2) is 4.79 Å². The van der Waals surface area contributed by atoms with Crippen LogP contribution in [0.1, 0.15) is 12.5 Å². The number of aryl methyl sites for hydroxylation is 1. The third kappa shape index (κ3) is 2.52. The van der Waals surface area contributed by atoms with Crippen molar-refractivity contribution in [1.82, 2.24) is 0 Å². The summed E-state index contributed by atoms with van der Waals surface area (Å²) < 4.78 is 5.28. The molecule has 0 aliphatic heterocycles. The van der Waals surface area contributed by atoms with E-state index < -0.39 is 5.97 Å². The minimum Gasteiger partial charge on any atom is -0.423 e. The van der Waals surface area contributed by atoms with Gasteiger partial charge in [0.2, 0.25) is 0 Å². The summed E-state index contributed by atoms with van der Waals surface area (Å²) in [5.74, 6) is 0.147. The predicted octanol–water partition coefficient (Wildman–Crippen LogP) is 4.78. The fourth-order valence-corrected chi connectivity index (χ4v) is 2.41. The number of carbonyl (C=O) groups excluding carboxylic acids is 1. The smallest absolute Gasteiger partial charge is 0.338 e. The molecule has 0 N–H and O–H groups in total. The Morgan fingerprint density at radius 3 is 2.43 bits per heavy atom. The van der Waals surface area contributed by atoms with Crippen LogP contribution < -0.4 is 4.74 Å². The zero-order chi connectivity index (χ0) is 15.0. The van der Waals surface area contributed by atoms with Gasteiger partial charge in [-0.3, -0.25) is 0 Å². The molecule has 0 radical (unpaired) electrons. The van der Waals surface area contributed by atoms with Gasteiger partial charge < -0.3 is 4.74 Å². The molecule has 0 amide bonds. The Hall–Kier alpha value is -2.61. The maximum Gasteiger partial charge on any atom is 0.338 e. The van der Waals surface area contributed by atoms with Crippen LogP contribution in [0.3, 0.4) is 0 Å². The first-order valence-electron chi connectivity index (χ1n) is 6.85. The van der Waals surface area contributed by atoms with Crippen LogP contribution in [0.25, 0.3) is 21.5 Å². The molecule has 0 spiro atoms. The fourth-order valence-electron chi connectivity index (χ4n) is 2.41. The molecule has 0 unspecified atom stereocenters. The molecule has 0 atom stereocenters. The SMILES string of the molecule is C=C(C)C(=O)Oc1ccc2c(ccc3ccc(C)cc32)c1. The number of fused-ring (bicyclic) bond motifs is 3. The van der Waals surface area contributed by atoms with Crippen LogP contribution in [0.5, 0.6) is 5.75 Å². The van der Waals surface area contributed by atoms with Gasteiger partial charge in [-0.1, -0.05) is 48.5 Å². The Morgan fingerprint density at radius 1 is 0.952 bits per heavy atom.